The number of anilines is 1. The molecular formula is C21H19ClN2O3S. The Hall–Kier alpha value is -2.41. The summed E-state index contributed by atoms with van der Waals surface area (Å²) in [6, 6.07) is 18.8. The van der Waals surface area contributed by atoms with E-state index in [0.29, 0.717) is 30.1 Å². The monoisotopic (exact) mass is 414 g/mol. The van der Waals surface area contributed by atoms with Crippen LogP contribution < -0.4 is 5.32 Å². The summed E-state index contributed by atoms with van der Waals surface area (Å²) in [7, 11) is -3.79. The van der Waals surface area contributed by atoms with E-state index in [1.165, 1.54) is 4.31 Å². The largest absolute Gasteiger partial charge is 0.323 e. The average molecular weight is 415 g/mol. The second-order valence-electron chi connectivity index (χ2n) is 6.75. The predicted octanol–water partition coefficient (Wildman–Crippen LogP) is 4.29. The van der Waals surface area contributed by atoms with E-state index in [0.717, 1.165) is 10.8 Å². The van der Waals surface area contributed by atoms with E-state index in [2.05, 4.69) is 5.32 Å². The molecule has 1 fully saturated rings. The maximum Gasteiger partial charge on any atom is 0.243 e. The summed E-state index contributed by atoms with van der Waals surface area (Å²) in [6.07, 6.45) is 1.11. The smallest absolute Gasteiger partial charge is 0.243 e. The van der Waals surface area contributed by atoms with Crippen LogP contribution in [-0.2, 0) is 14.8 Å². The summed E-state index contributed by atoms with van der Waals surface area (Å²) in [6.45, 7) is 0.315. The van der Waals surface area contributed by atoms with Crippen LogP contribution in [0.3, 0.4) is 0 Å². The van der Waals surface area contributed by atoms with Crippen molar-refractivity contribution in [3.8, 4) is 0 Å². The van der Waals surface area contributed by atoms with Crippen LogP contribution >= 0.6 is 11.6 Å². The van der Waals surface area contributed by atoms with Gasteiger partial charge in [0.15, 0.2) is 0 Å². The fourth-order valence-corrected chi connectivity index (χ4v) is 5.41. The van der Waals surface area contributed by atoms with Gasteiger partial charge in [-0.1, -0.05) is 54.1 Å². The number of halogens is 1. The molecule has 3 aromatic carbocycles. The third-order valence-corrected chi connectivity index (χ3v) is 7.20. The summed E-state index contributed by atoms with van der Waals surface area (Å²) in [4.78, 5) is 13.0. The third-order valence-electron chi connectivity index (χ3n) is 4.97. The van der Waals surface area contributed by atoms with E-state index in [1.807, 2.05) is 24.3 Å². The molecular weight excluding hydrogens is 396 g/mol. The van der Waals surface area contributed by atoms with Gasteiger partial charge in [-0.25, -0.2) is 8.42 Å². The van der Waals surface area contributed by atoms with Gasteiger partial charge in [0.05, 0.1) is 15.6 Å². The Morgan fingerprint density at radius 2 is 1.71 bits per heavy atom. The number of hydrogen-bond donors (Lipinski definition) is 1. The first kappa shape index (κ1) is 18.9. The number of hydrogen-bond acceptors (Lipinski definition) is 3. The first-order chi connectivity index (χ1) is 13.5. The zero-order valence-corrected chi connectivity index (χ0v) is 16.6. The number of benzene rings is 3. The molecule has 1 N–H and O–H groups in total. The molecule has 144 valence electrons. The molecule has 0 bridgehead atoms. The molecule has 1 saturated heterocycles. The molecule has 0 unspecified atom stereocenters. The third kappa shape index (κ3) is 3.51. The molecule has 0 aliphatic carbocycles. The topological polar surface area (TPSA) is 66.5 Å². The minimum absolute atomic E-state index is 0.198. The summed E-state index contributed by atoms with van der Waals surface area (Å²) >= 11 is 6.11. The average Bonchev–Trinajstić information content (AvgIpc) is 3.20. The number of carbonyl (C=O) groups excluding carboxylic acids is 1. The van der Waals surface area contributed by atoms with Crippen molar-refractivity contribution in [3.05, 3.63) is 71.8 Å². The lowest BCUT2D eigenvalue weighted by Crippen LogP contribution is -2.43. The fourth-order valence-electron chi connectivity index (χ4n) is 3.53. The van der Waals surface area contributed by atoms with E-state index in [4.69, 9.17) is 11.6 Å². The van der Waals surface area contributed by atoms with Gasteiger partial charge in [-0.3, -0.25) is 4.79 Å². The summed E-state index contributed by atoms with van der Waals surface area (Å²) in [5, 5.41) is 4.99. The molecule has 1 atom stereocenters. The molecule has 28 heavy (non-hydrogen) atoms. The molecule has 0 spiro atoms. The summed E-state index contributed by atoms with van der Waals surface area (Å²) in [5.74, 6) is -0.366. The Kier molecular flexibility index (Phi) is 5.10. The number of rotatable bonds is 4. The minimum atomic E-state index is -3.79. The molecule has 0 saturated carbocycles. The van der Waals surface area contributed by atoms with Crippen LogP contribution in [0, 0.1) is 0 Å². The fraction of sp³-hybridized carbons (Fsp3) is 0.190. The summed E-state index contributed by atoms with van der Waals surface area (Å²) < 4.78 is 27.8. The first-order valence-electron chi connectivity index (χ1n) is 9.03. The van der Waals surface area contributed by atoms with Crippen LogP contribution in [-0.4, -0.2) is 31.2 Å². The van der Waals surface area contributed by atoms with Crippen molar-refractivity contribution in [1.82, 2.24) is 4.31 Å². The van der Waals surface area contributed by atoms with E-state index < -0.39 is 16.1 Å². The summed E-state index contributed by atoms with van der Waals surface area (Å²) in [5.41, 5.74) is 0.476. The highest BCUT2D eigenvalue weighted by Crippen LogP contribution is 2.29. The van der Waals surface area contributed by atoms with Gasteiger partial charge in [0.2, 0.25) is 15.9 Å². The standard InChI is InChI=1S/C21H19ClN2O3S/c22-18-8-3-4-9-19(18)23-21(25)20-10-5-13-24(20)28(26,27)17-12-11-15-6-1-2-7-16(15)14-17/h1-4,6-9,11-12,14,20H,5,10,13H2,(H,23,25)/t20-/m1/s1. The molecule has 3 aromatic rings. The van der Waals surface area contributed by atoms with Crippen molar-refractivity contribution in [2.45, 2.75) is 23.8 Å². The van der Waals surface area contributed by atoms with Crippen LogP contribution in [0.25, 0.3) is 10.8 Å². The highest BCUT2D eigenvalue weighted by molar-refractivity contribution is 7.89. The number of nitrogens with zero attached hydrogens (tertiary/aromatic N) is 1. The number of fused-ring (bicyclic) bond motifs is 1. The van der Waals surface area contributed by atoms with Gasteiger partial charge in [0.25, 0.3) is 0 Å². The highest BCUT2D eigenvalue weighted by atomic mass is 35.5. The molecule has 4 rings (SSSR count). The van der Waals surface area contributed by atoms with Gasteiger partial charge in [-0.15, -0.1) is 0 Å². The zero-order valence-electron chi connectivity index (χ0n) is 15.0. The molecule has 0 aromatic heterocycles. The Morgan fingerprint density at radius 1 is 1.00 bits per heavy atom. The number of carbonyl (C=O) groups is 1. The van der Waals surface area contributed by atoms with Gasteiger partial charge < -0.3 is 5.32 Å². The quantitative estimate of drug-likeness (QED) is 0.692. The highest BCUT2D eigenvalue weighted by Gasteiger charge is 2.39. The van der Waals surface area contributed by atoms with Crippen LogP contribution in [0.15, 0.2) is 71.6 Å². The first-order valence-corrected chi connectivity index (χ1v) is 10.8. The van der Waals surface area contributed by atoms with Gasteiger partial charge in [0.1, 0.15) is 6.04 Å². The normalized spacial score (nSPS) is 17.7. The van der Waals surface area contributed by atoms with Gasteiger partial charge in [-0.05, 0) is 47.9 Å². The Bertz CT molecular complexity index is 1150. The van der Waals surface area contributed by atoms with Crippen LogP contribution in [0.2, 0.25) is 5.02 Å². The minimum Gasteiger partial charge on any atom is -0.323 e. The Morgan fingerprint density at radius 3 is 2.50 bits per heavy atom. The molecule has 5 nitrogen and oxygen atoms in total. The molecule has 7 heteroatoms. The van der Waals surface area contributed by atoms with Crippen LogP contribution in [0.4, 0.5) is 5.69 Å². The maximum atomic E-state index is 13.2. The molecule has 0 radical (unpaired) electrons. The number of nitrogens with one attached hydrogen (secondary N) is 1. The van der Waals surface area contributed by atoms with Crippen molar-refractivity contribution >= 4 is 44.0 Å². The van der Waals surface area contributed by atoms with Crippen molar-refractivity contribution in [3.63, 3.8) is 0 Å². The van der Waals surface area contributed by atoms with E-state index in [9.17, 15) is 13.2 Å². The Balaban J connectivity index is 1.62. The molecule has 1 heterocycles. The lowest BCUT2D eigenvalue weighted by atomic mass is 10.1. The van der Waals surface area contributed by atoms with Crippen LogP contribution in [0.5, 0.6) is 0 Å². The van der Waals surface area contributed by atoms with E-state index in [1.54, 1.807) is 42.5 Å². The number of amides is 1. The van der Waals surface area contributed by atoms with E-state index >= 15 is 0 Å². The van der Waals surface area contributed by atoms with Gasteiger partial charge in [0, 0.05) is 6.54 Å². The van der Waals surface area contributed by atoms with Crippen molar-refractivity contribution < 1.29 is 13.2 Å². The second-order valence-corrected chi connectivity index (χ2v) is 9.05. The van der Waals surface area contributed by atoms with Crippen molar-refractivity contribution in [2.75, 3.05) is 11.9 Å². The lowest BCUT2D eigenvalue weighted by Gasteiger charge is -2.23. The number of sulfonamides is 1. The SMILES string of the molecule is O=C(Nc1ccccc1Cl)[C@H]1CCCN1S(=O)(=O)c1ccc2ccccc2c1. The predicted molar refractivity (Wildman–Crippen MR) is 111 cm³/mol. The van der Waals surface area contributed by atoms with E-state index in [-0.39, 0.29) is 10.8 Å². The number of para-hydroxylation sites is 1. The molecule has 1 aliphatic rings. The molecule has 1 aliphatic heterocycles. The van der Waals surface area contributed by atoms with Gasteiger partial charge >= 0.3 is 0 Å². The zero-order chi connectivity index (χ0) is 19.7. The lowest BCUT2D eigenvalue weighted by molar-refractivity contribution is -0.119. The van der Waals surface area contributed by atoms with Crippen molar-refractivity contribution in [2.24, 2.45) is 0 Å². The van der Waals surface area contributed by atoms with Crippen molar-refractivity contribution in [1.29, 1.82) is 0 Å². The second kappa shape index (κ2) is 7.54. The van der Waals surface area contributed by atoms with Crippen LogP contribution in [0.1, 0.15) is 12.8 Å². The Labute approximate surface area is 169 Å². The van der Waals surface area contributed by atoms with Gasteiger partial charge in [-0.2, -0.15) is 4.31 Å². The maximum absolute atomic E-state index is 13.2. The molecule has 1 amide bonds.